The molecule has 0 aliphatic heterocycles. The Bertz CT molecular complexity index is 938. The van der Waals surface area contributed by atoms with Gasteiger partial charge in [-0.25, -0.2) is 14.4 Å². The van der Waals surface area contributed by atoms with E-state index in [1.807, 2.05) is 6.26 Å². The van der Waals surface area contributed by atoms with Gasteiger partial charge in [0.15, 0.2) is 9.99 Å². The molecule has 0 aliphatic carbocycles. The summed E-state index contributed by atoms with van der Waals surface area (Å²) in [6.07, 6.45) is 3.16. The van der Waals surface area contributed by atoms with Crippen molar-refractivity contribution in [2.75, 3.05) is 11.6 Å². The first kappa shape index (κ1) is 15.6. The number of thioether (sulfide) groups is 1. The fourth-order valence-corrected chi connectivity index (χ4v) is 3.41. The van der Waals surface area contributed by atoms with Crippen LogP contribution in [-0.2, 0) is 11.3 Å². The van der Waals surface area contributed by atoms with Crippen molar-refractivity contribution in [1.29, 1.82) is 0 Å². The smallest absolute Gasteiger partial charge is 0.273 e. The molecule has 1 amide bonds. The van der Waals surface area contributed by atoms with E-state index in [9.17, 15) is 14.0 Å². The van der Waals surface area contributed by atoms with Gasteiger partial charge >= 0.3 is 0 Å². The van der Waals surface area contributed by atoms with E-state index in [-0.39, 0.29) is 12.1 Å². The highest BCUT2D eigenvalue weighted by Gasteiger charge is 2.12. The van der Waals surface area contributed by atoms with E-state index in [1.54, 1.807) is 6.07 Å². The number of anilines is 1. The number of thiazole rings is 1. The lowest BCUT2D eigenvalue weighted by Crippen LogP contribution is -2.27. The van der Waals surface area contributed by atoms with Crippen molar-refractivity contribution in [2.45, 2.75) is 10.9 Å². The van der Waals surface area contributed by atoms with E-state index in [4.69, 9.17) is 0 Å². The molecule has 0 bridgehead atoms. The van der Waals surface area contributed by atoms with Crippen molar-refractivity contribution < 1.29 is 9.18 Å². The van der Waals surface area contributed by atoms with Crippen LogP contribution in [0.25, 0.3) is 10.3 Å². The first-order chi connectivity index (χ1) is 11.1. The average Bonchev–Trinajstić information content (AvgIpc) is 2.94. The first-order valence-corrected chi connectivity index (χ1v) is 8.56. The maximum absolute atomic E-state index is 13.1. The van der Waals surface area contributed by atoms with Crippen LogP contribution in [-0.4, -0.2) is 26.7 Å². The van der Waals surface area contributed by atoms with Gasteiger partial charge < -0.3 is 5.32 Å². The Morgan fingerprint density at radius 3 is 3.04 bits per heavy atom. The number of aromatic nitrogens is 3. The third-order valence-electron chi connectivity index (χ3n) is 2.96. The van der Waals surface area contributed by atoms with Crippen molar-refractivity contribution in [3.05, 3.63) is 46.8 Å². The molecule has 6 nitrogen and oxygen atoms in total. The second-order valence-corrected chi connectivity index (χ2v) is 6.63. The lowest BCUT2D eigenvalue weighted by molar-refractivity contribution is -0.116. The Morgan fingerprint density at radius 1 is 1.48 bits per heavy atom. The lowest BCUT2D eigenvalue weighted by Gasteiger charge is -2.06. The van der Waals surface area contributed by atoms with Gasteiger partial charge in [0.1, 0.15) is 23.4 Å². The van der Waals surface area contributed by atoms with Crippen LogP contribution in [0.5, 0.6) is 0 Å². The minimum absolute atomic E-state index is 0.204. The molecule has 0 saturated carbocycles. The topological polar surface area (TPSA) is 76.9 Å². The summed E-state index contributed by atoms with van der Waals surface area (Å²) in [7, 11) is 0. The molecule has 2 aromatic heterocycles. The zero-order chi connectivity index (χ0) is 16.4. The minimum atomic E-state index is -0.447. The van der Waals surface area contributed by atoms with Gasteiger partial charge in [0, 0.05) is 5.69 Å². The van der Waals surface area contributed by atoms with E-state index >= 15 is 0 Å². The SMILES string of the molecule is CSc1nc2ncn(CC(=O)Nc3cccc(F)c3)c(=O)c2s1. The molecule has 0 atom stereocenters. The number of carbonyl (C=O) groups is 1. The van der Waals surface area contributed by atoms with Crippen molar-refractivity contribution in [2.24, 2.45) is 0 Å². The molecule has 3 rings (SSSR count). The van der Waals surface area contributed by atoms with Gasteiger partial charge in [-0.1, -0.05) is 17.8 Å². The first-order valence-electron chi connectivity index (χ1n) is 6.52. The van der Waals surface area contributed by atoms with Crippen LogP contribution in [0, 0.1) is 5.82 Å². The summed E-state index contributed by atoms with van der Waals surface area (Å²) in [6.45, 7) is -0.204. The Kier molecular flexibility index (Phi) is 4.39. The molecular weight excluding hydrogens is 339 g/mol. The second-order valence-electron chi connectivity index (χ2n) is 4.57. The molecule has 0 unspecified atom stereocenters. The number of rotatable bonds is 4. The van der Waals surface area contributed by atoms with Gasteiger partial charge in [0.2, 0.25) is 5.91 Å². The van der Waals surface area contributed by atoms with Gasteiger partial charge in [-0.15, -0.1) is 11.3 Å². The van der Waals surface area contributed by atoms with Crippen LogP contribution in [0.2, 0.25) is 0 Å². The average molecular weight is 350 g/mol. The van der Waals surface area contributed by atoms with Crippen LogP contribution in [0.4, 0.5) is 10.1 Å². The summed E-state index contributed by atoms with van der Waals surface area (Å²) in [6, 6.07) is 5.55. The molecular formula is C14H11FN4O2S2. The summed E-state index contributed by atoms with van der Waals surface area (Å²) in [5.41, 5.74) is 0.396. The number of nitrogens with one attached hydrogen (secondary N) is 1. The van der Waals surface area contributed by atoms with E-state index < -0.39 is 11.7 Å². The number of halogens is 1. The van der Waals surface area contributed by atoms with Gasteiger partial charge in [-0.05, 0) is 24.5 Å². The van der Waals surface area contributed by atoms with Crippen LogP contribution >= 0.6 is 23.1 Å². The monoisotopic (exact) mass is 350 g/mol. The third kappa shape index (κ3) is 3.40. The van der Waals surface area contributed by atoms with Crippen LogP contribution in [0.1, 0.15) is 0 Å². The zero-order valence-electron chi connectivity index (χ0n) is 11.9. The normalized spacial score (nSPS) is 10.9. The quantitative estimate of drug-likeness (QED) is 0.731. The highest BCUT2D eigenvalue weighted by molar-refractivity contribution is 8.00. The fourth-order valence-electron chi connectivity index (χ4n) is 1.95. The fraction of sp³-hybridized carbons (Fsp3) is 0.143. The minimum Gasteiger partial charge on any atom is -0.324 e. The third-order valence-corrected chi connectivity index (χ3v) is 4.98. The van der Waals surface area contributed by atoms with Crippen LogP contribution in [0.3, 0.4) is 0 Å². The molecule has 0 fully saturated rings. The maximum Gasteiger partial charge on any atom is 0.273 e. The predicted molar refractivity (Wildman–Crippen MR) is 88.5 cm³/mol. The molecule has 9 heteroatoms. The van der Waals surface area contributed by atoms with Gasteiger partial charge in [0.05, 0.1) is 0 Å². The highest BCUT2D eigenvalue weighted by atomic mass is 32.2. The van der Waals surface area contributed by atoms with Crippen molar-refractivity contribution in [3.8, 4) is 0 Å². The largest absolute Gasteiger partial charge is 0.324 e. The maximum atomic E-state index is 13.1. The van der Waals surface area contributed by atoms with Crippen molar-refractivity contribution in [1.82, 2.24) is 14.5 Å². The molecule has 2 heterocycles. The number of hydrogen-bond donors (Lipinski definition) is 1. The van der Waals surface area contributed by atoms with Crippen molar-refractivity contribution >= 4 is 45.0 Å². The summed E-state index contributed by atoms with van der Waals surface area (Å²) in [5.74, 6) is -0.884. The Hall–Kier alpha value is -2.26. The Labute approximate surface area is 138 Å². The second kappa shape index (κ2) is 6.47. The molecule has 0 spiro atoms. The number of hydrogen-bond acceptors (Lipinski definition) is 6. The number of benzene rings is 1. The summed E-state index contributed by atoms with van der Waals surface area (Å²) >= 11 is 2.68. The predicted octanol–water partition coefficient (Wildman–Crippen LogP) is 2.35. The van der Waals surface area contributed by atoms with Crippen molar-refractivity contribution in [3.63, 3.8) is 0 Å². The molecule has 0 saturated heterocycles. The number of fused-ring (bicyclic) bond motifs is 1. The number of nitrogens with zero attached hydrogens (tertiary/aromatic N) is 3. The number of carbonyl (C=O) groups excluding carboxylic acids is 1. The Morgan fingerprint density at radius 2 is 2.30 bits per heavy atom. The van der Waals surface area contributed by atoms with E-state index in [1.165, 1.54) is 52.2 Å². The summed E-state index contributed by atoms with van der Waals surface area (Å²) in [4.78, 5) is 32.6. The summed E-state index contributed by atoms with van der Waals surface area (Å²) < 4.78 is 15.5. The standard InChI is InChI=1S/C14H11FN4O2S2/c1-22-14-18-12-11(23-14)13(21)19(7-16-12)6-10(20)17-9-4-2-3-8(15)5-9/h2-5,7H,6H2,1H3,(H,17,20). The molecule has 1 N–H and O–H groups in total. The van der Waals surface area contributed by atoms with Gasteiger partial charge in [0.25, 0.3) is 5.56 Å². The molecule has 23 heavy (non-hydrogen) atoms. The zero-order valence-corrected chi connectivity index (χ0v) is 13.6. The molecule has 0 radical (unpaired) electrons. The van der Waals surface area contributed by atoms with Crippen LogP contribution in [0.15, 0.2) is 39.7 Å². The molecule has 1 aromatic carbocycles. The van der Waals surface area contributed by atoms with Gasteiger partial charge in [-0.3, -0.25) is 14.2 Å². The van der Waals surface area contributed by atoms with Crippen LogP contribution < -0.4 is 10.9 Å². The Balaban J connectivity index is 1.82. The van der Waals surface area contributed by atoms with E-state index in [0.717, 1.165) is 4.34 Å². The molecule has 0 aliphatic rings. The van der Waals surface area contributed by atoms with E-state index in [2.05, 4.69) is 15.3 Å². The lowest BCUT2D eigenvalue weighted by atomic mass is 10.3. The summed E-state index contributed by atoms with van der Waals surface area (Å²) in [5, 5.41) is 2.54. The molecule has 118 valence electrons. The molecule has 3 aromatic rings. The highest BCUT2D eigenvalue weighted by Crippen LogP contribution is 2.24. The number of amides is 1. The van der Waals surface area contributed by atoms with E-state index in [0.29, 0.717) is 16.0 Å². The van der Waals surface area contributed by atoms with Gasteiger partial charge in [-0.2, -0.15) is 0 Å².